The van der Waals surface area contributed by atoms with Gasteiger partial charge in [-0.25, -0.2) is 4.39 Å². The van der Waals surface area contributed by atoms with Gasteiger partial charge >= 0.3 is 0 Å². The summed E-state index contributed by atoms with van der Waals surface area (Å²) >= 11 is 6.52. The first kappa shape index (κ1) is 22.6. The van der Waals surface area contributed by atoms with Gasteiger partial charge in [-0.3, -0.25) is 4.79 Å². The molecule has 0 aromatic heterocycles. The standard InChI is InChI=1S/C26H22ClFN2O3/c1-3-32-24-15-19(14-23(27)25(24)33-16-18-8-7-9-20(28)12-18)13-22-17(2)29-30(26(22)31)21-10-5-4-6-11-21/h4-15H,3,16H2,1-2H3/b22-13+. The minimum atomic E-state index is -0.336. The van der Waals surface area contributed by atoms with Crippen LogP contribution in [0.5, 0.6) is 11.5 Å². The van der Waals surface area contributed by atoms with Crippen molar-refractivity contribution >= 4 is 35.0 Å². The number of hydrogen-bond donors (Lipinski definition) is 0. The summed E-state index contributed by atoms with van der Waals surface area (Å²) in [7, 11) is 0. The number of halogens is 2. The molecule has 5 nitrogen and oxygen atoms in total. The Labute approximate surface area is 196 Å². The van der Waals surface area contributed by atoms with E-state index in [4.69, 9.17) is 21.1 Å². The molecule has 0 saturated heterocycles. The Morgan fingerprint density at radius 2 is 1.85 bits per heavy atom. The van der Waals surface area contributed by atoms with E-state index < -0.39 is 0 Å². The van der Waals surface area contributed by atoms with Crippen LogP contribution < -0.4 is 14.5 Å². The van der Waals surface area contributed by atoms with Crippen LogP contribution in [0.1, 0.15) is 25.0 Å². The van der Waals surface area contributed by atoms with Crippen molar-refractivity contribution in [1.82, 2.24) is 0 Å². The number of benzene rings is 3. The second-order valence-corrected chi connectivity index (χ2v) is 7.78. The average molecular weight is 465 g/mol. The first-order valence-electron chi connectivity index (χ1n) is 10.5. The van der Waals surface area contributed by atoms with Gasteiger partial charge in [0.05, 0.1) is 28.6 Å². The molecule has 0 N–H and O–H groups in total. The third-order valence-corrected chi connectivity index (χ3v) is 5.26. The van der Waals surface area contributed by atoms with Crippen LogP contribution in [0.15, 0.2) is 77.4 Å². The molecule has 1 aliphatic rings. The molecule has 0 fully saturated rings. The number of anilines is 1. The normalized spacial score (nSPS) is 14.5. The summed E-state index contributed by atoms with van der Waals surface area (Å²) < 4.78 is 25.1. The van der Waals surface area contributed by atoms with E-state index in [0.717, 1.165) is 0 Å². The first-order chi connectivity index (χ1) is 16.0. The van der Waals surface area contributed by atoms with Gasteiger partial charge in [0.15, 0.2) is 11.5 Å². The molecule has 0 bridgehead atoms. The van der Waals surface area contributed by atoms with Gasteiger partial charge in [0, 0.05) is 0 Å². The predicted molar refractivity (Wildman–Crippen MR) is 128 cm³/mol. The van der Waals surface area contributed by atoms with E-state index in [1.165, 1.54) is 17.1 Å². The van der Waals surface area contributed by atoms with Crippen LogP contribution in [0, 0.1) is 5.82 Å². The zero-order chi connectivity index (χ0) is 23.4. The number of hydrogen-bond acceptors (Lipinski definition) is 4. The molecule has 0 unspecified atom stereocenters. The molecule has 0 radical (unpaired) electrons. The summed E-state index contributed by atoms with van der Waals surface area (Å²) in [6, 6.07) is 18.9. The molecular weight excluding hydrogens is 443 g/mol. The minimum absolute atomic E-state index is 0.133. The van der Waals surface area contributed by atoms with Gasteiger partial charge in [-0.15, -0.1) is 0 Å². The number of carbonyl (C=O) groups is 1. The summed E-state index contributed by atoms with van der Waals surface area (Å²) in [5.74, 6) is 0.239. The predicted octanol–water partition coefficient (Wildman–Crippen LogP) is 6.26. The zero-order valence-corrected chi connectivity index (χ0v) is 19.0. The SMILES string of the molecule is CCOc1cc(/C=C2/C(=O)N(c3ccccc3)N=C2C)cc(Cl)c1OCc1cccc(F)c1. The maximum absolute atomic E-state index is 13.5. The second-order valence-electron chi connectivity index (χ2n) is 7.38. The highest BCUT2D eigenvalue weighted by atomic mass is 35.5. The monoisotopic (exact) mass is 464 g/mol. The number of carbonyl (C=O) groups excluding carboxylic acids is 1. The molecule has 7 heteroatoms. The Balaban J connectivity index is 1.61. The highest BCUT2D eigenvalue weighted by Crippen LogP contribution is 2.38. The van der Waals surface area contributed by atoms with E-state index in [0.29, 0.717) is 51.2 Å². The Morgan fingerprint density at radius 3 is 2.58 bits per heavy atom. The number of ether oxygens (including phenoxy) is 2. The third kappa shape index (κ3) is 5.07. The van der Waals surface area contributed by atoms with Gasteiger partial charge in [-0.1, -0.05) is 41.9 Å². The second kappa shape index (κ2) is 9.88. The quantitative estimate of drug-likeness (QED) is 0.387. The van der Waals surface area contributed by atoms with E-state index >= 15 is 0 Å². The molecule has 33 heavy (non-hydrogen) atoms. The fraction of sp³-hybridized carbons (Fsp3) is 0.154. The van der Waals surface area contributed by atoms with Gasteiger partial charge in [0.2, 0.25) is 0 Å². The molecular formula is C26H22ClFN2O3. The number of rotatable bonds is 7. The first-order valence-corrected chi connectivity index (χ1v) is 10.8. The van der Waals surface area contributed by atoms with Crippen molar-refractivity contribution in [2.75, 3.05) is 11.6 Å². The largest absolute Gasteiger partial charge is 0.490 e. The molecule has 168 valence electrons. The maximum Gasteiger partial charge on any atom is 0.280 e. The van der Waals surface area contributed by atoms with Gasteiger partial charge < -0.3 is 9.47 Å². The summed E-state index contributed by atoms with van der Waals surface area (Å²) in [6.07, 6.45) is 1.73. The summed E-state index contributed by atoms with van der Waals surface area (Å²) in [6.45, 7) is 4.17. The highest BCUT2D eigenvalue weighted by molar-refractivity contribution is 6.33. The molecule has 1 amide bonds. The molecule has 0 spiro atoms. The van der Waals surface area contributed by atoms with Crippen LogP contribution in [-0.2, 0) is 11.4 Å². The highest BCUT2D eigenvalue weighted by Gasteiger charge is 2.28. The average Bonchev–Trinajstić information content (AvgIpc) is 3.08. The maximum atomic E-state index is 13.5. The summed E-state index contributed by atoms with van der Waals surface area (Å²) in [5.41, 5.74) is 3.10. The van der Waals surface area contributed by atoms with E-state index in [1.54, 1.807) is 37.3 Å². The molecule has 4 rings (SSSR count). The van der Waals surface area contributed by atoms with Crippen LogP contribution in [0.3, 0.4) is 0 Å². The lowest BCUT2D eigenvalue weighted by Crippen LogP contribution is -2.21. The third-order valence-electron chi connectivity index (χ3n) is 4.98. The van der Waals surface area contributed by atoms with E-state index in [9.17, 15) is 9.18 Å². The van der Waals surface area contributed by atoms with E-state index in [2.05, 4.69) is 5.10 Å². The molecule has 1 aliphatic heterocycles. The van der Waals surface area contributed by atoms with Gasteiger partial charge in [-0.05, 0) is 67.4 Å². The van der Waals surface area contributed by atoms with Crippen molar-refractivity contribution in [3.63, 3.8) is 0 Å². The van der Waals surface area contributed by atoms with Crippen molar-refractivity contribution in [1.29, 1.82) is 0 Å². The molecule has 0 atom stereocenters. The van der Waals surface area contributed by atoms with E-state index in [1.807, 2.05) is 37.3 Å². The van der Waals surface area contributed by atoms with Crippen LogP contribution >= 0.6 is 11.6 Å². The van der Waals surface area contributed by atoms with Crippen LogP contribution in [0.2, 0.25) is 5.02 Å². The molecule has 1 heterocycles. The lowest BCUT2D eigenvalue weighted by molar-refractivity contribution is -0.114. The number of para-hydroxylation sites is 1. The van der Waals surface area contributed by atoms with Crippen LogP contribution in [0.4, 0.5) is 10.1 Å². The smallest absolute Gasteiger partial charge is 0.280 e. The van der Waals surface area contributed by atoms with Gasteiger partial charge in [0.25, 0.3) is 5.91 Å². The van der Waals surface area contributed by atoms with Crippen molar-refractivity contribution in [3.05, 3.63) is 94.3 Å². The fourth-order valence-corrected chi connectivity index (χ4v) is 3.73. The number of amides is 1. The van der Waals surface area contributed by atoms with Crippen molar-refractivity contribution in [3.8, 4) is 11.5 Å². The minimum Gasteiger partial charge on any atom is -0.490 e. The Hall–Kier alpha value is -3.64. The topological polar surface area (TPSA) is 51.1 Å². The summed E-state index contributed by atoms with van der Waals surface area (Å²) in [4.78, 5) is 13.0. The van der Waals surface area contributed by atoms with Crippen molar-refractivity contribution in [2.45, 2.75) is 20.5 Å². The van der Waals surface area contributed by atoms with Crippen molar-refractivity contribution < 1.29 is 18.7 Å². The van der Waals surface area contributed by atoms with Crippen LogP contribution in [0.25, 0.3) is 6.08 Å². The Kier molecular flexibility index (Phi) is 6.75. The Morgan fingerprint density at radius 1 is 1.06 bits per heavy atom. The number of hydrazone groups is 1. The zero-order valence-electron chi connectivity index (χ0n) is 18.2. The molecule has 0 aliphatic carbocycles. The van der Waals surface area contributed by atoms with Crippen LogP contribution in [-0.4, -0.2) is 18.2 Å². The lowest BCUT2D eigenvalue weighted by atomic mass is 10.1. The van der Waals surface area contributed by atoms with E-state index in [-0.39, 0.29) is 18.3 Å². The molecule has 0 saturated carbocycles. The van der Waals surface area contributed by atoms with Gasteiger partial charge in [-0.2, -0.15) is 10.1 Å². The summed E-state index contributed by atoms with van der Waals surface area (Å²) in [5, 5.41) is 6.10. The van der Waals surface area contributed by atoms with Gasteiger partial charge in [0.1, 0.15) is 12.4 Å². The fourth-order valence-electron chi connectivity index (χ4n) is 3.45. The number of nitrogens with zero attached hydrogens (tertiary/aromatic N) is 2. The molecule has 3 aromatic rings. The lowest BCUT2D eigenvalue weighted by Gasteiger charge is -2.15. The Bertz CT molecular complexity index is 1240. The van der Waals surface area contributed by atoms with Crippen molar-refractivity contribution in [2.24, 2.45) is 5.10 Å². The molecule has 3 aromatic carbocycles.